The number of aliphatic carboxylic acids is 2. The number of unbranched alkanes of at least 4 members (excludes halogenated alkanes) is 1. The molecule has 0 aromatic rings. The van der Waals surface area contributed by atoms with Crippen LogP contribution in [0.4, 0.5) is 0 Å². The molecule has 0 fully saturated rings. The molecule has 0 spiro atoms. The van der Waals surface area contributed by atoms with Crippen LogP contribution in [0.5, 0.6) is 0 Å². The van der Waals surface area contributed by atoms with Crippen LogP contribution in [-0.4, -0.2) is 91.5 Å². The van der Waals surface area contributed by atoms with Crippen molar-refractivity contribution in [3.8, 4) is 0 Å². The van der Waals surface area contributed by atoms with Gasteiger partial charge in [-0.15, -0.1) is 0 Å². The molecule has 0 rings (SSSR count). The topological polar surface area (TPSA) is 192 Å². The van der Waals surface area contributed by atoms with Gasteiger partial charge in [-0.05, 0) is 25.7 Å². The summed E-state index contributed by atoms with van der Waals surface area (Å²) in [5.74, 6) is -3.35. The molecule has 196 valence electrons. The number of amides is 3. The van der Waals surface area contributed by atoms with Crippen LogP contribution >= 0.6 is 12.8 Å². The fourth-order valence-corrected chi connectivity index (χ4v) is 2.81. The average molecular weight is 509 g/mol. The van der Waals surface area contributed by atoms with Gasteiger partial charge in [-0.1, -0.05) is 19.7 Å². The SMILES string of the molecule is CCC(=O)NCCOCCOCC(=O)NC(CCC(=O)NCCCCC(NS)C(=O)O)C(=O)O. The lowest BCUT2D eigenvalue weighted by molar-refractivity contribution is -0.143. The molecule has 34 heavy (non-hydrogen) atoms. The highest BCUT2D eigenvalue weighted by Crippen LogP contribution is 2.02. The smallest absolute Gasteiger partial charge is 0.326 e. The highest BCUT2D eigenvalue weighted by molar-refractivity contribution is 7.78. The quantitative estimate of drug-likeness (QED) is 0.0752. The number of hydrogen-bond acceptors (Lipinski definition) is 9. The molecule has 0 aromatic heterocycles. The van der Waals surface area contributed by atoms with Crippen molar-refractivity contribution in [2.75, 3.05) is 39.5 Å². The highest BCUT2D eigenvalue weighted by Gasteiger charge is 2.21. The molecule has 2 unspecified atom stereocenters. The van der Waals surface area contributed by atoms with Gasteiger partial charge in [-0.3, -0.25) is 23.9 Å². The Labute approximate surface area is 204 Å². The zero-order valence-corrected chi connectivity index (χ0v) is 20.2. The second-order valence-corrected chi connectivity index (χ2v) is 7.49. The Bertz CT molecular complexity index is 652. The Morgan fingerprint density at radius 2 is 1.44 bits per heavy atom. The van der Waals surface area contributed by atoms with Crippen LogP contribution < -0.4 is 20.7 Å². The van der Waals surface area contributed by atoms with Crippen LogP contribution in [0.15, 0.2) is 0 Å². The van der Waals surface area contributed by atoms with E-state index in [2.05, 4.69) is 33.5 Å². The lowest BCUT2D eigenvalue weighted by Crippen LogP contribution is -2.43. The van der Waals surface area contributed by atoms with E-state index < -0.39 is 29.9 Å². The number of carboxylic acids is 2. The van der Waals surface area contributed by atoms with E-state index in [-0.39, 0.29) is 44.5 Å². The Balaban J connectivity index is 3.95. The monoisotopic (exact) mass is 508 g/mol. The first-order chi connectivity index (χ1) is 16.2. The second-order valence-electron chi connectivity index (χ2n) is 7.23. The third kappa shape index (κ3) is 17.1. The van der Waals surface area contributed by atoms with Crippen molar-refractivity contribution < 1.29 is 43.7 Å². The summed E-state index contributed by atoms with van der Waals surface area (Å²) in [7, 11) is 0. The van der Waals surface area contributed by atoms with Gasteiger partial charge in [0.15, 0.2) is 0 Å². The predicted octanol–water partition coefficient (Wildman–Crippen LogP) is -0.930. The van der Waals surface area contributed by atoms with E-state index in [4.69, 9.17) is 14.6 Å². The Morgan fingerprint density at radius 1 is 0.794 bits per heavy atom. The molecule has 3 amide bonds. The third-order valence-corrected chi connectivity index (χ3v) is 4.80. The van der Waals surface area contributed by atoms with Gasteiger partial charge in [0.05, 0.1) is 19.8 Å². The van der Waals surface area contributed by atoms with Crippen LogP contribution in [0.25, 0.3) is 0 Å². The first-order valence-electron chi connectivity index (χ1n) is 11.0. The van der Waals surface area contributed by atoms with E-state index in [1.807, 2.05) is 0 Å². The van der Waals surface area contributed by atoms with E-state index in [0.717, 1.165) is 0 Å². The highest BCUT2D eigenvalue weighted by atomic mass is 32.1. The largest absolute Gasteiger partial charge is 0.480 e. The summed E-state index contributed by atoms with van der Waals surface area (Å²) in [6.07, 6.45) is 1.66. The van der Waals surface area contributed by atoms with Crippen LogP contribution in [0, 0.1) is 0 Å². The number of carboxylic acid groups (broad SMARTS) is 2. The van der Waals surface area contributed by atoms with Gasteiger partial charge >= 0.3 is 11.9 Å². The first kappa shape index (κ1) is 31.6. The zero-order valence-electron chi connectivity index (χ0n) is 19.3. The second kappa shape index (κ2) is 20.0. The Morgan fingerprint density at radius 3 is 2.06 bits per heavy atom. The standard InChI is InChI=1S/C20H36N4O9S/c1-2-16(25)22-9-10-32-11-12-33-13-18(27)23-14(19(28)29)6-7-17(26)21-8-4-3-5-15(24-34)20(30)31/h14-15,24,34H,2-13H2,1H3,(H,21,26)(H,22,25)(H,23,27)(H,28,29)(H,30,31). The molecule has 0 aliphatic heterocycles. The number of rotatable bonds is 21. The summed E-state index contributed by atoms with van der Waals surface area (Å²) in [6.45, 7) is 2.71. The molecule has 0 saturated heterocycles. The van der Waals surface area contributed by atoms with Crippen molar-refractivity contribution in [1.82, 2.24) is 20.7 Å². The van der Waals surface area contributed by atoms with Gasteiger partial charge in [0.25, 0.3) is 0 Å². The van der Waals surface area contributed by atoms with Gasteiger partial charge in [0.2, 0.25) is 17.7 Å². The molecule has 14 heteroatoms. The summed E-state index contributed by atoms with van der Waals surface area (Å²) < 4.78 is 12.7. The van der Waals surface area contributed by atoms with E-state index >= 15 is 0 Å². The molecule has 6 N–H and O–H groups in total. The van der Waals surface area contributed by atoms with Crippen molar-refractivity contribution in [3.05, 3.63) is 0 Å². The molecule has 0 heterocycles. The van der Waals surface area contributed by atoms with Crippen LogP contribution in [0.3, 0.4) is 0 Å². The normalized spacial score (nSPS) is 12.4. The zero-order chi connectivity index (χ0) is 25.8. The molecule has 0 bridgehead atoms. The maximum absolute atomic E-state index is 11.9. The van der Waals surface area contributed by atoms with E-state index in [0.29, 0.717) is 45.4 Å². The predicted molar refractivity (Wildman–Crippen MR) is 124 cm³/mol. The lowest BCUT2D eigenvalue weighted by atomic mass is 10.1. The average Bonchev–Trinajstić information content (AvgIpc) is 2.79. The fourth-order valence-electron chi connectivity index (χ4n) is 2.57. The van der Waals surface area contributed by atoms with Gasteiger partial charge in [-0.2, -0.15) is 0 Å². The van der Waals surface area contributed by atoms with Crippen molar-refractivity contribution >= 4 is 42.5 Å². The minimum absolute atomic E-state index is 0.0738. The van der Waals surface area contributed by atoms with E-state index in [1.165, 1.54) is 0 Å². The summed E-state index contributed by atoms with van der Waals surface area (Å²) >= 11 is 3.74. The maximum atomic E-state index is 11.9. The van der Waals surface area contributed by atoms with E-state index in [9.17, 15) is 29.1 Å². The van der Waals surface area contributed by atoms with Crippen molar-refractivity contribution in [1.29, 1.82) is 0 Å². The Hall–Kier alpha value is -2.42. The van der Waals surface area contributed by atoms with Crippen LogP contribution in [-0.2, 0) is 33.4 Å². The maximum Gasteiger partial charge on any atom is 0.326 e. The van der Waals surface area contributed by atoms with Gasteiger partial charge < -0.3 is 35.6 Å². The van der Waals surface area contributed by atoms with Crippen LogP contribution in [0.1, 0.15) is 45.4 Å². The molecule has 0 saturated carbocycles. The molecule has 13 nitrogen and oxygen atoms in total. The molecule has 0 aliphatic carbocycles. The van der Waals surface area contributed by atoms with Crippen molar-refractivity contribution in [3.63, 3.8) is 0 Å². The Kier molecular flexibility index (Phi) is 18.6. The summed E-state index contributed by atoms with van der Waals surface area (Å²) in [6, 6.07) is -2.01. The molecule has 0 radical (unpaired) electrons. The minimum Gasteiger partial charge on any atom is -0.480 e. The van der Waals surface area contributed by atoms with E-state index in [1.54, 1.807) is 6.92 Å². The third-order valence-electron chi connectivity index (χ3n) is 4.48. The molecular formula is C20H36N4O9S. The van der Waals surface area contributed by atoms with Crippen LogP contribution in [0.2, 0.25) is 0 Å². The lowest BCUT2D eigenvalue weighted by Gasteiger charge is -2.15. The van der Waals surface area contributed by atoms with Crippen molar-refractivity contribution in [2.24, 2.45) is 0 Å². The number of hydrogen-bond donors (Lipinski definition) is 7. The fraction of sp³-hybridized carbons (Fsp3) is 0.750. The summed E-state index contributed by atoms with van der Waals surface area (Å²) in [5.41, 5.74) is 0. The molecule has 0 aliphatic rings. The van der Waals surface area contributed by atoms with Gasteiger partial charge in [0, 0.05) is 25.9 Å². The minimum atomic E-state index is -1.27. The van der Waals surface area contributed by atoms with Gasteiger partial charge in [-0.25, -0.2) is 4.79 Å². The number of ether oxygens (including phenoxy) is 2. The number of thiol groups is 1. The summed E-state index contributed by atoms with van der Waals surface area (Å²) in [5, 5.41) is 25.7. The summed E-state index contributed by atoms with van der Waals surface area (Å²) in [4.78, 5) is 57.0. The molecule has 2 atom stereocenters. The van der Waals surface area contributed by atoms with Crippen molar-refractivity contribution in [2.45, 2.75) is 57.5 Å². The van der Waals surface area contributed by atoms with Gasteiger partial charge in [0.1, 0.15) is 18.7 Å². The number of carbonyl (C=O) groups excluding carboxylic acids is 3. The first-order valence-corrected chi connectivity index (χ1v) is 11.5. The molecule has 0 aromatic carbocycles. The molecular weight excluding hydrogens is 472 g/mol. The number of carbonyl (C=O) groups is 5. The number of nitrogens with one attached hydrogen (secondary N) is 4.